The number of benzene rings is 1. The first-order valence-corrected chi connectivity index (χ1v) is 5.54. The maximum atomic E-state index is 5.86. The first kappa shape index (κ1) is 11.4. The van der Waals surface area contributed by atoms with E-state index in [1.807, 2.05) is 44.2 Å². The van der Waals surface area contributed by atoms with Crippen molar-refractivity contribution in [2.24, 2.45) is 0 Å². The standard InChI is InChI=1S/C13H16N4/c1-9-7-10(2)17-13(16-9)15-8-11-5-3-4-6-12(11)14/h3-7H,8,14H2,1-2H3,(H,15,16,17). The van der Waals surface area contributed by atoms with E-state index < -0.39 is 0 Å². The third-order valence-corrected chi connectivity index (χ3v) is 2.47. The summed E-state index contributed by atoms with van der Waals surface area (Å²) >= 11 is 0. The Morgan fingerprint density at radius 1 is 1.12 bits per heavy atom. The predicted molar refractivity (Wildman–Crippen MR) is 69.7 cm³/mol. The molecule has 4 heteroatoms. The van der Waals surface area contributed by atoms with Crippen molar-refractivity contribution in [3.05, 3.63) is 47.3 Å². The molecule has 1 heterocycles. The number of nitrogens with two attached hydrogens (primary N) is 1. The van der Waals surface area contributed by atoms with Crippen molar-refractivity contribution in [3.8, 4) is 0 Å². The lowest BCUT2D eigenvalue weighted by molar-refractivity contribution is 1.00. The van der Waals surface area contributed by atoms with Crippen LogP contribution in [0.25, 0.3) is 0 Å². The van der Waals surface area contributed by atoms with Crippen molar-refractivity contribution in [3.63, 3.8) is 0 Å². The molecule has 0 aliphatic rings. The van der Waals surface area contributed by atoms with Crippen LogP contribution in [0.15, 0.2) is 30.3 Å². The van der Waals surface area contributed by atoms with Gasteiger partial charge in [-0.2, -0.15) is 0 Å². The number of aryl methyl sites for hydroxylation is 2. The molecule has 88 valence electrons. The van der Waals surface area contributed by atoms with Crippen molar-refractivity contribution >= 4 is 11.6 Å². The molecule has 17 heavy (non-hydrogen) atoms. The van der Waals surface area contributed by atoms with E-state index >= 15 is 0 Å². The Kier molecular flexibility index (Phi) is 3.23. The zero-order chi connectivity index (χ0) is 12.3. The molecule has 4 nitrogen and oxygen atoms in total. The Morgan fingerprint density at radius 2 is 1.76 bits per heavy atom. The first-order chi connectivity index (χ1) is 8.15. The Bertz CT molecular complexity index is 502. The highest BCUT2D eigenvalue weighted by Crippen LogP contribution is 2.12. The molecule has 0 spiro atoms. The summed E-state index contributed by atoms with van der Waals surface area (Å²) < 4.78 is 0. The number of hydrogen-bond acceptors (Lipinski definition) is 4. The Balaban J connectivity index is 2.10. The molecule has 2 rings (SSSR count). The fourth-order valence-corrected chi connectivity index (χ4v) is 1.67. The molecule has 0 unspecified atom stereocenters. The van der Waals surface area contributed by atoms with Crippen LogP contribution >= 0.6 is 0 Å². The van der Waals surface area contributed by atoms with Crippen molar-refractivity contribution in [1.29, 1.82) is 0 Å². The molecule has 0 atom stereocenters. The lowest BCUT2D eigenvalue weighted by Gasteiger charge is -2.08. The van der Waals surface area contributed by atoms with Crippen LogP contribution in [-0.4, -0.2) is 9.97 Å². The number of rotatable bonds is 3. The van der Waals surface area contributed by atoms with E-state index in [-0.39, 0.29) is 0 Å². The highest BCUT2D eigenvalue weighted by atomic mass is 15.1. The van der Waals surface area contributed by atoms with Gasteiger partial charge in [-0.3, -0.25) is 0 Å². The lowest BCUT2D eigenvalue weighted by atomic mass is 10.2. The topological polar surface area (TPSA) is 63.8 Å². The number of aromatic nitrogens is 2. The largest absolute Gasteiger partial charge is 0.398 e. The quantitative estimate of drug-likeness (QED) is 0.791. The third kappa shape index (κ3) is 2.93. The van der Waals surface area contributed by atoms with Gasteiger partial charge in [0.1, 0.15) is 0 Å². The summed E-state index contributed by atoms with van der Waals surface area (Å²) in [5, 5.41) is 3.18. The lowest BCUT2D eigenvalue weighted by Crippen LogP contribution is -2.06. The van der Waals surface area contributed by atoms with Crippen LogP contribution < -0.4 is 11.1 Å². The van der Waals surface area contributed by atoms with E-state index in [2.05, 4.69) is 15.3 Å². The van der Waals surface area contributed by atoms with Crippen LogP contribution in [0.1, 0.15) is 17.0 Å². The summed E-state index contributed by atoms with van der Waals surface area (Å²) in [4.78, 5) is 8.63. The molecule has 1 aromatic carbocycles. The highest BCUT2D eigenvalue weighted by Gasteiger charge is 2.01. The highest BCUT2D eigenvalue weighted by molar-refractivity contribution is 5.47. The van der Waals surface area contributed by atoms with Gasteiger partial charge in [-0.05, 0) is 31.5 Å². The minimum Gasteiger partial charge on any atom is -0.398 e. The van der Waals surface area contributed by atoms with Crippen molar-refractivity contribution in [2.45, 2.75) is 20.4 Å². The van der Waals surface area contributed by atoms with Gasteiger partial charge >= 0.3 is 0 Å². The number of para-hydroxylation sites is 1. The van der Waals surface area contributed by atoms with Gasteiger partial charge in [-0.25, -0.2) is 9.97 Å². The molecule has 0 amide bonds. The van der Waals surface area contributed by atoms with E-state index in [0.29, 0.717) is 12.5 Å². The summed E-state index contributed by atoms with van der Waals surface area (Å²) in [6.07, 6.45) is 0. The van der Waals surface area contributed by atoms with Gasteiger partial charge in [0.15, 0.2) is 0 Å². The normalized spacial score (nSPS) is 10.2. The second kappa shape index (κ2) is 4.82. The molecular weight excluding hydrogens is 212 g/mol. The minimum atomic E-state index is 0.634. The van der Waals surface area contributed by atoms with Gasteiger partial charge in [0.25, 0.3) is 0 Å². The molecule has 3 N–H and O–H groups in total. The zero-order valence-corrected chi connectivity index (χ0v) is 10.1. The summed E-state index contributed by atoms with van der Waals surface area (Å²) in [5.41, 5.74) is 9.62. The number of nitrogen functional groups attached to an aromatic ring is 1. The number of nitrogens with zero attached hydrogens (tertiary/aromatic N) is 2. The molecule has 2 aromatic rings. The molecule has 0 fully saturated rings. The van der Waals surface area contributed by atoms with E-state index in [4.69, 9.17) is 5.73 Å². The molecule has 1 aromatic heterocycles. The minimum absolute atomic E-state index is 0.634. The zero-order valence-electron chi connectivity index (χ0n) is 10.1. The molecular formula is C13H16N4. The Labute approximate surface area is 101 Å². The van der Waals surface area contributed by atoms with Gasteiger partial charge in [-0.1, -0.05) is 18.2 Å². The summed E-state index contributed by atoms with van der Waals surface area (Å²) in [6, 6.07) is 9.72. The van der Waals surface area contributed by atoms with E-state index in [0.717, 1.165) is 22.6 Å². The fourth-order valence-electron chi connectivity index (χ4n) is 1.67. The molecule has 0 radical (unpaired) electrons. The van der Waals surface area contributed by atoms with Crippen LogP contribution in [0.4, 0.5) is 11.6 Å². The van der Waals surface area contributed by atoms with Crippen LogP contribution in [0.5, 0.6) is 0 Å². The summed E-state index contributed by atoms with van der Waals surface area (Å²) in [7, 11) is 0. The first-order valence-electron chi connectivity index (χ1n) is 5.54. The smallest absolute Gasteiger partial charge is 0.223 e. The monoisotopic (exact) mass is 228 g/mol. The summed E-state index contributed by atoms with van der Waals surface area (Å²) in [5.74, 6) is 0.644. The van der Waals surface area contributed by atoms with E-state index in [1.165, 1.54) is 0 Å². The molecule has 0 saturated heterocycles. The van der Waals surface area contributed by atoms with Gasteiger partial charge < -0.3 is 11.1 Å². The predicted octanol–water partition coefficient (Wildman–Crippen LogP) is 2.29. The molecule has 0 aliphatic heterocycles. The number of nitrogens with one attached hydrogen (secondary N) is 1. The van der Waals surface area contributed by atoms with Gasteiger partial charge in [0.2, 0.25) is 5.95 Å². The van der Waals surface area contributed by atoms with Crippen molar-refractivity contribution in [2.75, 3.05) is 11.1 Å². The molecule has 0 aliphatic carbocycles. The Morgan fingerprint density at radius 3 is 2.41 bits per heavy atom. The summed E-state index contributed by atoms with van der Waals surface area (Å²) in [6.45, 7) is 4.54. The third-order valence-electron chi connectivity index (χ3n) is 2.47. The average Bonchev–Trinajstić information content (AvgIpc) is 2.27. The van der Waals surface area contributed by atoms with E-state index in [1.54, 1.807) is 0 Å². The average molecular weight is 228 g/mol. The van der Waals surface area contributed by atoms with Crippen LogP contribution in [0.3, 0.4) is 0 Å². The van der Waals surface area contributed by atoms with Crippen LogP contribution in [-0.2, 0) is 6.54 Å². The fraction of sp³-hybridized carbons (Fsp3) is 0.231. The second-order valence-corrected chi connectivity index (χ2v) is 4.03. The Hall–Kier alpha value is -2.10. The number of anilines is 2. The SMILES string of the molecule is Cc1cc(C)nc(NCc2ccccc2N)n1. The van der Waals surface area contributed by atoms with Crippen molar-refractivity contribution < 1.29 is 0 Å². The van der Waals surface area contributed by atoms with Gasteiger partial charge in [-0.15, -0.1) is 0 Å². The number of hydrogen-bond donors (Lipinski definition) is 2. The van der Waals surface area contributed by atoms with E-state index in [9.17, 15) is 0 Å². The van der Waals surface area contributed by atoms with Gasteiger partial charge in [0, 0.05) is 23.6 Å². The second-order valence-electron chi connectivity index (χ2n) is 4.03. The van der Waals surface area contributed by atoms with Crippen molar-refractivity contribution in [1.82, 2.24) is 9.97 Å². The van der Waals surface area contributed by atoms with Crippen LogP contribution in [0.2, 0.25) is 0 Å². The molecule has 0 saturated carbocycles. The maximum absolute atomic E-state index is 5.86. The van der Waals surface area contributed by atoms with Gasteiger partial charge in [0.05, 0.1) is 0 Å². The maximum Gasteiger partial charge on any atom is 0.223 e. The van der Waals surface area contributed by atoms with Crippen LogP contribution in [0, 0.1) is 13.8 Å². The molecule has 0 bridgehead atoms.